The number of benzene rings is 4. The third-order valence-corrected chi connectivity index (χ3v) is 7.64. The molecule has 12 heteroatoms. The lowest BCUT2D eigenvalue weighted by atomic mass is 10.0. The zero-order chi connectivity index (χ0) is 32.6. The number of fused-ring (bicyclic) bond motifs is 2. The molecule has 5 aromatic rings. The Morgan fingerprint density at radius 3 is 2.22 bits per heavy atom. The van der Waals surface area contributed by atoms with Gasteiger partial charge in [-0.05, 0) is 60.2 Å². The van der Waals surface area contributed by atoms with Crippen LogP contribution in [0.15, 0.2) is 78.9 Å². The summed E-state index contributed by atoms with van der Waals surface area (Å²) in [6.07, 6.45) is -0.702. The van der Waals surface area contributed by atoms with Crippen LogP contribution in [0.1, 0.15) is 15.9 Å². The Morgan fingerprint density at radius 2 is 1.57 bits per heavy atom. The molecule has 0 fully saturated rings. The van der Waals surface area contributed by atoms with Crippen LogP contribution in [0.4, 0.5) is 27.5 Å². The molecular weight excluding hydrogens is 629 g/mol. The lowest BCUT2D eigenvalue weighted by molar-refractivity contribution is 0.0964. The van der Waals surface area contributed by atoms with E-state index in [-0.39, 0.29) is 12.5 Å². The van der Waals surface area contributed by atoms with E-state index < -0.39 is 6.09 Å². The summed E-state index contributed by atoms with van der Waals surface area (Å²) in [4.78, 5) is 32.5. The molecule has 0 saturated heterocycles. The predicted octanol–water partition coefficient (Wildman–Crippen LogP) is 6.89. The third kappa shape index (κ3) is 7.20. The van der Waals surface area contributed by atoms with Crippen molar-refractivity contribution in [3.63, 3.8) is 0 Å². The van der Waals surface area contributed by atoms with Crippen molar-refractivity contribution < 1.29 is 24.2 Å². The largest absolute Gasteiger partial charge is 0.494 e. The van der Waals surface area contributed by atoms with E-state index in [0.29, 0.717) is 81.0 Å². The van der Waals surface area contributed by atoms with E-state index in [1.807, 2.05) is 35.2 Å². The second-order valence-electron chi connectivity index (χ2n) is 10.2. The number of methoxy groups -OCH3 is 1. The maximum absolute atomic E-state index is 12.9. The minimum atomic E-state index is -0.702. The maximum atomic E-state index is 12.9. The molecule has 4 N–H and O–H groups in total. The van der Waals surface area contributed by atoms with E-state index in [4.69, 9.17) is 37.7 Å². The van der Waals surface area contributed by atoms with Crippen LogP contribution in [0.2, 0.25) is 0 Å². The maximum Gasteiger partial charge on any atom is 0.417 e. The van der Waals surface area contributed by atoms with Crippen LogP contribution in [-0.2, 0) is 6.61 Å². The number of aliphatic hydroxyl groups excluding tert-OH is 1. The molecule has 0 aliphatic heterocycles. The van der Waals surface area contributed by atoms with Crippen molar-refractivity contribution in [3.05, 3.63) is 90.0 Å². The number of halogens is 2. The van der Waals surface area contributed by atoms with Gasteiger partial charge in [0.25, 0.3) is 5.91 Å². The summed E-state index contributed by atoms with van der Waals surface area (Å²) in [7, 11) is 3.13. The number of nitrogens with one attached hydrogen (secondary N) is 3. The molecular formula is C34H33Cl2N5O5. The van der Waals surface area contributed by atoms with Crippen molar-refractivity contribution in [3.8, 4) is 11.5 Å². The number of alkyl halides is 2. The molecule has 0 atom stereocenters. The fourth-order valence-electron chi connectivity index (χ4n) is 5.20. The number of carbonyl (C=O) groups is 2. The van der Waals surface area contributed by atoms with Crippen molar-refractivity contribution >= 4 is 79.8 Å². The number of hydrogen-bond donors (Lipinski definition) is 4. The van der Waals surface area contributed by atoms with Gasteiger partial charge in [-0.3, -0.25) is 10.1 Å². The first-order valence-corrected chi connectivity index (χ1v) is 15.5. The molecule has 0 spiro atoms. The van der Waals surface area contributed by atoms with Crippen LogP contribution in [0.3, 0.4) is 0 Å². The standard InChI is InChI=1S/C34H33Cl2N5O5/c1-37-33(43)28-7-3-5-26-30(27-6-4-8-29(45-2)32(27)40-31(26)28)38-22-17-21(20-42)18-23(19-22)39-34(44)46-25-11-9-24(10-12-25)41(15-13-35)16-14-36/h3-12,17-19,42H,13-16,20H2,1-2H3,(H,37,43)(H,38,40)(H,39,44). The summed E-state index contributed by atoms with van der Waals surface area (Å²) in [5, 5.41) is 20.4. The molecule has 0 bridgehead atoms. The van der Waals surface area contributed by atoms with Gasteiger partial charge in [0.15, 0.2) is 0 Å². The number of pyridine rings is 1. The van der Waals surface area contributed by atoms with Crippen LogP contribution < -0.4 is 30.3 Å². The molecule has 0 aliphatic rings. The first kappa shape index (κ1) is 32.6. The number of nitrogens with zero attached hydrogens (tertiary/aromatic N) is 2. The van der Waals surface area contributed by atoms with E-state index in [0.717, 1.165) is 11.1 Å². The predicted molar refractivity (Wildman–Crippen MR) is 185 cm³/mol. The average molecular weight is 663 g/mol. The Kier molecular flexibility index (Phi) is 10.6. The summed E-state index contributed by atoms with van der Waals surface area (Å²) in [5.41, 5.74) is 4.57. The Labute approximate surface area is 276 Å². The fourth-order valence-corrected chi connectivity index (χ4v) is 5.61. The number of aliphatic hydroxyl groups is 1. The zero-order valence-electron chi connectivity index (χ0n) is 25.3. The molecule has 46 heavy (non-hydrogen) atoms. The molecule has 1 heterocycles. The highest BCUT2D eigenvalue weighted by Crippen LogP contribution is 2.38. The van der Waals surface area contributed by atoms with Gasteiger partial charge in [0.2, 0.25) is 0 Å². The van der Waals surface area contributed by atoms with Gasteiger partial charge in [0.05, 0.1) is 30.5 Å². The highest BCUT2D eigenvalue weighted by Gasteiger charge is 2.18. The van der Waals surface area contributed by atoms with Gasteiger partial charge in [-0.2, -0.15) is 0 Å². The van der Waals surface area contributed by atoms with Gasteiger partial charge >= 0.3 is 6.09 Å². The van der Waals surface area contributed by atoms with E-state index in [1.54, 1.807) is 62.7 Å². The van der Waals surface area contributed by atoms with Crippen molar-refractivity contribution in [1.29, 1.82) is 0 Å². The van der Waals surface area contributed by atoms with Gasteiger partial charge in [-0.1, -0.05) is 24.3 Å². The minimum Gasteiger partial charge on any atom is -0.494 e. The number of carbonyl (C=O) groups excluding carboxylic acids is 2. The van der Waals surface area contributed by atoms with E-state index in [9.17, 15) is 14.7 Å². The van der Waals surface area contributed by atoms with E-state index in [1.165, 1.54) is 0 Å². The lowest BCUT2D eigenvalue weighted by Crippen LogP contribution is -2.27. The van der Waals surface area contributed by atoms with Gasteiger partial charge in [0.1, 0.15) is 17.0 Å². The second kappa shape index (κ2) is 15.0. The number of para-hydroxylation sites is 2. The summed E-state index contributed by atoms with van der Waals surface area (Å²) in [5.74, 6) is 1.54. The number of anilines is 4. The molecule has 0 unspecified atom stereocenters. The average Bonchev–Trinajstić information content (AvgIpc) is 3.07. The number of hydrogen-bond acceptors (Lipinski definition) is 8. The lowest BCUT2D eigenvalue weighted by Gasteiger charge is -2.22. The van der Waals surface area contributed by atoms with Gasteiger partial charge in [0, 0.05) is 59.7 Å². The van der Waals surface area contributed by atoms with Gasteiger partial charge in [-0.15, -0.1) is 23.2 Å². The number of aromatic nitrogens is 1. The molecule has 1 aromatic heterocycles. The topological polar surface area (TPSA) is 125 Å². The first-order valence-electron chi connectivity index (χ1n) is 14.5. The Balaban J connectivity index is 1.45. The second-order valence-corrected chi connectivity index (χ2v) is 11.0. The van der Waals surface area contributed by atoms with Crippen LogP contribution in [0.25, 0.3) is 21.8 Å². The zero-order valence-corrected chi connectivity index (χ0v) is 26.8. The van der Waals surface area contributed by atoms with Gasteiger partial charge in [-0.25, -0.2) is 9.78 Å². The highest BCUT2D eigenvalue weighted by atomic mass is 35.5. The molecule has 238 valence electrons. The van der Waals surface area contributed by atoms with Crippen molar-refractivity contribution in [2.75, 3.05) is 54.5 Å². The molecule has 2 amide bonds. The molecule has 0 aliphatic carbocycles. The van der Waals surface area contributed by atoms with E-state index >= 15 is 0 Å². The molecule has 4 aromatic carbocycles. The smallest absolute Gasteiger partial charge is 0.417 e. The van der Waals surface area contributed by atoms with E-state index in [2.05, 4.69) is 16.0 Å². The first-order chi connectivity index (χ1) is 22.4. The summed E-state index contributed by atoms with van der Waals surface area (Å²) in [6, 6.07) is 23.2. The number of ether oxygens (including phenoxy) is 2. The van der Waals surface area contributed by atoms with Crippen LogP contribution in [0, 0.1) is 0 Å². The SMILES string of the molecule is CNC(=O)c1cccc2c(Nc3cc(CO)cc(NC(=O)Oc4ccc(N(CCCl)CCCl)cc4)c3)c3cccc(OC)c3nc12. The fraction of sp³-hybridized carbons (Fsp3) is 0.206. The number of amides is 2. The Bertz CT molecular complexity index is 1860. The summed E-state index contributed by atoms with van der Waals surface area (Å²) >= 11 is 11.8. The Hall–Kier alpha value is -4.77. The van der Waals surface area contributed by atoms with Crippen molar-refractivity contribution in [2.24, 2.45) is 0 Å². The monoisotopic (exact) mass is 661 g/mol. The van der Waals surface area contributed by atoms with Crippen LogP contribution in [-0.4, -0.2) is 61.1 Å². The third-order valence-electron chi connectivity index (χ3n) is 7.30. The summed E-state index contributed by atoms with van der Waals surface area (Å²) in [6.45, 7) is 1.01. The van der Waals surface area contributed by atoms with Crippen LogP contribution >= 0.6 is 23.2 Å². The quantitative estimate of drug-likeness (QED) is 0.0842. The molecule has 10 nitrogen and oxygen atoms in total. The highest BCUT2D eigenvalue weighted by molar-refractivity contribution is 6.19. The molecule has 5 rings (SSSR count). The van der Waals surface area contributed by atoms with Crippen molar-refractivity contribution in [1.82, 2.24) is 10.3 Å². The normalized spacial score (nSPS) is 10.9. The number of rotatable bonds is 12. The van der Waals surface area contributed by atoms with Crippen LogP contribution in [0.5, 0.6) is 11.5 Å². The Morgan fingerprint density at radius 1 is 0.891 bits per heavy atom. The summed E-state index contributed by atoms with van der Waals surface area (Å²) < 4.78 is 11.1. The minimum absolute atomic E-state index is 0.270. The van der Waals surface area contributed by atoms with Crippen molar-refractivity contribution in [2.45, 2.75) is 6.61 Å². The van der Waals surface area contributed by atoms with Gasteiger partial charge < -0.3 is 30.1 Å². The molecule has 0 saturated carbocycles. The molecule has 0 radical (unpaired) electrons.